The van der Waals surface area contributed by atoms with Gasteiger partial charge >= 0.3 is 5.97 Å². The number of esters is 1. The van der Waals surface area contributed by atoms with Crippen LogP contribution in [0, 0.1) is 6.92 Å². The van der Waals surface area contributed by atoms with Gasteiger partial charge in [-0.2, -0.15) is 0 Å². The predicted molar refractivity (Wildman–Crippen MR) is 54.4 cm³/mol. The molecule has 72 valence electrons. The van der Waals surface area contributed by atoms with E-state index >= 15 is 0 Å². The van der Waals surface area contributed by atoms with Gasteiger partial charge in [0.25, 0.3) is 0 Å². The van der Waals surface area contributed by atoms with Crippen LogP contribution in [0.5, 0.6) is 0 Å². The standard InChI is InChI=1S/C11H11NO2/c1-7-5-9(11(13)14-2)6-8-3-4-12-10(7)8/h3-6,12H,1-2H3. The van der Waals surface area contributed by atoms with Crippen molar-refractivity contribution in [3.05, 3.63) is 35.5 Å². The summed E-state index contributed by atoms with van der Waals surface area (Å²) in [6.45, 7) is 1.96. The van der Waals surface area contributed by atoms with E-state index in [1.165, 1.54) is 7.11 Å². The Morgan fingerprint density at radius 3 is 2.93 bits per heavy atom. The number of hydrogen-bond donors (Lipinski definition) is 1. The summed E-state index contributed by atoms with van der Waals surface area (Å²) in [7, 11) is 1.39. The van der Waals surface area contributed by atoms with Crippen LogP contribution in [0.15, 0.2) is 24.4 Å². The maximum absolute atomic E-state index is 11.3. The summed E-state index contributed by atoms with van der Waals surface area (Å²) in [5.74, 6) is -0.295. The van der Waals surface area contributed by atoms with E-state index in [4.69, 9.17) is 0 Å². The summed E-state index contributed by atoms with van der Waals surface area (Å²) in [4.78, 5) is 14.4. The quantitative estimate of drug-likeness (QED) is 0.699. The Hall–Kier alpha value is -1.77. The summed E-state index contributed by atoms with van der Waals surface area (Å²) >= 11 is 0. The molecule has 3 heteroatoms. The number of aromatic amines is 1. The van der Waals surface area contributed by atoms with Gasteiger partial charge in [0.05, 0.1) is 12.7 Å². The monoisotopic (exact) mass is 189 g/mol. The summed E-state index contributed by atoms with van der Waals surface area (Å²) < 4.78 is 4.67. The summed E-state index contributed by atoms with van der Waals surface area (Å²) in [6, 6.07) is 5.59. The van der Waals surface area contributed by atoms with Crippen molar-refractivity contribution in [2.24, 2.45) is 0 Å². The van der Waals surface area contributed by atoms with Crippen molar-refractivity contribution in [2.75, 3.05) is 7.11 Å². The van der Waals surface area contributed by atoms with Crippen molar-refractivity contribution in [3.63, 3.8) is 0 Å². The van der Waals surface area contributed by atoms with Crippen LogP contribution in [-0.2, 0) is 4.74 Å². The lowest BCUT2D eigenvalue weighted by molar-refractivity contribution is 0.0601. The highest BCUT2D eigenvalue weighted by atomic mass is 16.5. The SMILES string of the molecule is COC(=O)c1cc(C)c2[nH]ccc2c1. The van der Waals surface area contributed by atoms with E-state index in [1.54, 1.807) is 0 Å². The number of aryl methyl sites for hydroxylation is 1. The first-order chi connectivity index (χ1) is 6.72. The highest BCUT2D eigenvalue weighted by Crippen LogP contribution is 2.19. The molecule has 0 atom stereocenters. The third-order valence-electron chi connectivity index (χ3n) is 2.28. The molecule has 1 aromatic carbocycles. The smallest absolute Gasteiger partial charge is 0.337 e. The van der Waals surface area contributed by atoms with Crippen molar-refractivity contribution < 1.29 is 9.53 Å². The zero-order chi connectivity index (χ0) is 10.1. The lowest BCUT2D eigenvalue weighted by Gasteiger charge is -2.02. The van der Waals surface area contributed by atoms with E-state index in [1.807, 2.05) is 31.3 Å². The third-order valence-corrected chi connectivity index (χ3v) is 2.28. The van der Waals surface area contributed by atoms with Gasteiger partial charge in [0.15, 0.2) is 0 Å². The number of carbonyl (C=O) groups is 1. The van der Waals surface area contributed by atoms with E-state index in [9.17, 15) is 4.79 Å². The Balaban J connectivity index is 2.64. The summed E-state index contributed by atoms with van der Waals surface area (Å²) in [5.41, 5.74) is 2.71. The molecule has 0 amide bonds. The van der Waals surface area contributed by atoms with Gasteiger partial charge in [-0.1, -0.05) is 0 Å². The molecule has 0 radical (unpaired) electrons. The predicted octanol–water partition coefficient (Wildman–Crippen LogP) is 2.26. The van der Waals surface area contributed by atoms with Gasteiger partial charge < -0.3 is 9.72 Å². The fraction of sp³-hybridized carbons (Fsp3) is 0.182. The molecule has 0 spiro atoms. The maximum atomic E-state index is 11.3. The molecule has 14 heavy (non-hydrogen) atoms. The Bertz CT molecular complexity index is 485. The van der Waals surface area contributed by atoms with Crippen molar-refractivity contribution in [1.29, 1.82) is 0 Å². The largest absolute Gasteiger partial charge is 0.465 e. The van der Waals surface area contributed by atoms with Gasteiger partial charge in [0.2, 0.25) is 0 Å². The van der Waals surface area contributed by atoms with Crippen molar-refractivity contribution in [2.45, 2.75) is 6.92 Å². The minimum absolute atomic E-state index is 0.295. The summed E-state index contributed by atoms with van der Waals surface area (Å²) in [6.07, 6.45) is 1.86. The van der Waals surface area contributed by atoms with Crippen LogP contribution in [0.2, 0.25) is 0 Å². The Labute approximate surface area is 81.7 Å². The van der Waals surface area contributed by atoms with Crippen LogP contribution in [0.3, 0.4) is 0 Å². The normalized spacial score (nSPS) is 10.4. The molecule has 0 saturated heterocycles. The van der Waals surface area contributed by atoms with Crippen LogP contribution in [0.25, 0.3) is 10.9 Å². The number of carbonyl (C=O) groups excluding carboxylic acids is 1. The number of H-pyrrole nitrogens is 1. The molecule has 2 aromatic rings. The van der Waals surface area contributed by atoms with Gasteiger partial charge in [0.1, 0.15) is 0 Å². The zero-order valence-corrected chi connectivity index (χ0v) is 8.13. The first-order valence-electron chi connectivity index (χ1n) is 4.38. The fourth-order valence-corrected chi connectivity index (χ4v) is 1.59. The molecule has 0 aliphatic rings. The highest BCUT2D eigenvalue weighted by Gasteiger charge is 2.08. The average Bonchev–Trinajstić information content (AvgIpc) is 2.64. The second-order valence-corrected chi connectivity index (χ2v) is 3.23. The van der Waals surface area contributed by atoms with Crippen LogP contribution in [-0.4, -0.2) is 18.1 Å². The van der Waals surface area contributed by atoms with E-state index in [0.29, 0.717) is 5.56 Å². The number of rotatable bonds is 1. The molecular formula is C11H11NO2. The first kappa shape index (κ1) is 8.81. The topological polar surface area (TPSA) is 42.1 Å². The fourth-order valence-electron chi connectivity index (χ4n) is 1.59. The minimum atomic E-state index is -0.295. The number of aromatic nitrogens is 1. The number of ether oxygens (including phenoxy) is 1. The number of hydrogen-bond acceptors (Lipinski definition) is 2. The maximum Gasteiger partial charge on any atom is 0.337 e. The Kier molecular flexibility index (Phi) is 2.00. The van der Waals surface area contributed by atoms with Crippen molar-refractivity contribution in [3.8, 4) is 0 Å². The zero-order valence-electron chi connectivity index (χ0n) is 8.13. The van der Waals surface area contributed by atoms with E-state index in [-0.39, 0.29) is 5.97 Å². The number of nitrogens with one attached hydrogen (secondary N) is 1. The van der Waals surface area contributed by atoms with Gasteiger partial charge in [-0.15, -0.1) is 0 Å². The molecule has 3 nitrogen and oxygen atoms in total. The second-order valence-electron chi connectivity index (χ2n) is 3.23. The van der Waals surface area contributed by atoms with Crippen LogP contribution in [0.4, 0.5) is 0 Å². The third kappa shape index (κ3) is 1.27. The van der Waals surface area contributed by atoms with E-state index < -0.39 is 0 Å². The van der Waals surface area contributed by atoms with Crippen molar-refractivity contribution in [1.82, 2.24) is 4.98 Å². The number of fused-ring (bicyclic) bond motifs is 1. The lowest BCUT2D eigenvalue weighted by Crippen LogP contribution is -2.01. The van der Waals surface area contributed by atoms with Crippen molar-refractivity contribution >= 4 is 16.9 Å². The van der Waals surface area contributed by atoms with Crippen LogP contribution in [0.1, 0.15) is 15.9 Å². The first-order valence-corrected chi connectivity index (χ1v) is 4.38. The average molecular weight is 189 g/mol. The van der Waals surface area contributed by atoms with Gasteiger partial charge in [-0.3, -0.25) is 0 Å². The lowest BCUT2D eigenvalue weighted by atomic mass is 10.1. The molecule has 0 bridgehead atoms. The molecule has 1 aromatic heterocycles. The molecule has 1 N–H and O–H groups in total. The number of benzene rings is 1. The highest BCUT2D eigenvalue weighted by molar-refractivity contribution is 5.95. The Morgan fingerprint density at radius 1 is 1.43 bits per heavy atom. The summed E-state index contributed by atoms with van der Waals surface area (Å²) in [5, 5.41) is 1.03. The molecular weight excluding hydrogens is 178 g/mol. The van der Waals surface area contributed by atoms with Gasteiger partial charge in [-0.25, -0.2) is 4.79 Å². The minimum Gasteiger partial charge on any atom is -0.465 e. The molecule has 0 unspecified atom stereocenters. The molecule has 1 heterocycles. The molecule has 0 saturated carbocycles. The molecule has 2 rings (SSSR count). The Morgan fingerprint density at radius 2 is 2.21 bits per heavy atom. The van der Waals surface area contributed by atoms with Gasteiger partial charge in [-0.05, 0) is 30.7 Å². The molecule has 0 fully saturated rings. The van der Waals surface area contributed by atoms with Gasteiger partial charge in [0, 0.05) is 17.1 Å². The van der Waals surface area contributed by atoms with Crippen LogP contribution >= 0.6 is 0 Å². The van der Waals surface area contributed by atoms with E-state index in [0.717, 1.165) is 16.5 Å². The second kappa shape index (κ2) is 3.18. The van der Waals surface area contributed by atoms with Crippen LogP contribution < -0.4 is 0 Å². The van der Waals surface area contributed by atoms with E-state index in [2.05, 4.69) is 9.72 Å². The molecule has 0 aliphatic heterocycles. The number of methoxy groups -OCH3 is 1. The molecule has 0 aliphatic carbocycles.